The number of carbonyl (C=O) groups excluding carboxylic acids is 2. The van der Waals surface area contributed by atoms with E-state index < -0.39 is 5.92 Å². The van der Waals surface area contributed by atoms with E-state index in [4.69, 9.17) is 21.1 Å². The molecule has 2 heterocycles. The summed E-state index contributed by atoms with van der Waals surface area (Å²) in [6.07, 6.45) is 0.112. The van der Waals surface area contributed by atoms with Crippen LogP contribution in [0.3, 0.4) is 0 Å². The van der Waals surface area contributed by atoms with Crippen LogP contribution in [0.4, 0.5) is 10.8 Å². The van der Waals surface area contributed by atoms with E-state index in [0.717, 1.165) is 10.2 Å². The number of methoxy groups -OCH3 is 2. The molecule has 0 bridgehead atoms. The summed E-state index contributed by atoms with van der Waals surface area (Å²) in [6, 6.07) is 11.0. The number of ether oxygens (including phenoxy) is 2. The minimum atomic E-state index is -0.486. The average Bonchev–Trinajstić information content (AvgIpc) is 3.36. The van der Waals surface area contributed by atoms with Crippen LogP contribution in [-0.2, 0) is 9.59 Å². The lowest BCUT2D eigenvalue weighted by Gasteiger charge is -2.22. The fourth-order valence-corrected chi connectivity index (χ4v) is 4.70. The normalized spacial score (nSPS) is 16.2. The van der Waals surface area contributed by atoms with E-state index in [-0.39, 0.29) is 24.8 Å². The van der Waals surface area contributed by atoms with Crippen molar-refractivity contribution in [3.63, 3.8) is 0 Å². The molecule has 9 heteroatoms. The second kappa shape index (κ2) is 8.12. The molecule has 1 atom stereocenters. The Morgan fingerprint density at radius 1 is 1.23 bits per heavy atom. The molecule has 0 saturated carbocycles. The Morgan fingerprint density at radius 2 is 1.97 bits per heavy atom. The maximum absolute atomic E-state index is 13.1. The molecule has 1 saturated heterocycles. The van der Waals surface area contributed by atoms with Crippen molar-refractivity contribution in [2.75, 3.05) is 37.6 Å². The highest BCUT2D eigenvalue weighted by Crippen LogP contribution is 2.40. The number of amides is 2. The number of hydrogen-bond acceptors (Lipinski definition) is 6. The van der Waals surface area contributed by atoms with Crippen molar-refractivity contribution in [1.29, 1.82) is 0 Å². The first-order chi connectivity index (χ1) is 14.4. The second-order valence-corrected chi connectivity index (χ2v) is 8.34. The summed E-state index contributed by atoms with van der Waals surface area (Å²) in [4.78, 5) is 33.4. The van der Waals surface area contributed by atoms with E-state index in [0.29, 0.717) is 27.3 Å². The fraction of sp³-hybridized carbons (Fsp3) is 0.286. The monoisotopic (exact) mass is 445 g/mol. The van der Waals surface area contributed by atoms with Crippen LogP contribution in [0.2, 0.25) is 5.02 Å². The third-order valence-corrected chi connectivity index (χ3v) is 6.53. The van der Waals surface area contributed by atoms with E-state index in [1.165, 1.54) is 30.5 Å². The van der Waals surface area contributed by atoms with E-state index in [2.05, 4.69) is 4.98 Å². The molecule has 156 valence electrons. The van der Waals surface area contributed by atoms with Crippen molar-refractivity contribution < 1.29 is 19.1 Å². The topological polar surface area (TPSA) is 72.0 Å². The van der Waals surface area contributed by atoms with Crippen LogP contribution in [0, 0.1) is 5.92 Å². The van der Waals surface area contributed by atoms with Gasteiger partial charge < -0.3 is 14.4 Å². The first kappa shape index (κ1) is 20.4. The lowest BCUT2D eigenvalue weighted by molar-refractivity contribution is -0.124. The minimum Gasteiger partial charge on any atom is -0.495 e. The van der Waals surface area contributed by atoms with Crippen molar-refractivity contribution in [2.24, 2.45) is 5.92 Å². The number of fused-ring (bicyclic) bond motifs is 1. The van der Waals surface area contributed by atoms with Crippen molar-refractivity contribution >= 4 is 55.8 Å². The number of rotatable bonds is 5. The third-order valence-electron chi connectivity index (χ3n) is 5.12. The molecule has 0 radical (unpaired) electrons. The molecule has 30 heavy (non-hydrogen) atoms. The van der Waals surface area contributed by atoms with Gasteiger partial charge in [-0.05, 0) is 18.2 Å². The number of carbonyl (C=O) groups is 2. The van der Waals surface area contributed by atoms with Crippen LogP contribution in [0.5, 0.6) is 11.5 Å². The number of hydrogen-bond donors (Lipinski definition) is 0. The summed E-state index contributed by atoms with van der Waals surface area (Å²) in [7, 11) is 4.71. The molecule has 1 fully saturated rings. The number of aromatic nitrogens is 1. The lowest BCUT2D eigenvalue weighted by atomic mass is 10.1. The van der Waals surface area contributed by atoms with Crippen LogP contribution in [0.1, 0.15) is 6.42 Å². The first-order valence-corrected chi connectivity index (χ1v) is 10.5. The predicted molar refractivity (Wildman–Crippen MR) is 118 cm³/mol. The Hall–Kier alpha value is -2.84. The third kappa shape index (κ3) is 3.57. The van der Waals surface area contributed by atoms with Gasteiger partial charge in [0.1, 0.15) is 11.5 Å². The van der Waals surface area contributed by atoms with Gasteiger partial charge in [-0.2, -0.15) is 0 Å². The Kier molecular flexibility index (Phi) is 5.53. The highest BCUT2D eigenvalue weighted by Gasteiger charge is 2.38. The van der Waals surface area contributed by atoms with Gasteiger partial charge in [-0.15, -0.1) is 0 Å². The summed E-state index contributed by atoms with van der Waals surface area (Å²) in [5, 5.41) is 0.972. The second-order valence-electron chi connectivity index (χ2n) is 6.93. The smallest absolute Gasteiger partial charge is 0.233 e. The molecule has 2 aromatic carbocycles. The molecule has 0 aliphatic carbocycles. The number of anilines is 2. The molecule has 0 N–H and O–H groups in total. The van der Waals surface area contributed by atoms with Crippen LogP contribution < -0.4 is 19.3 Å². The SMILES string of the molecule is COc1cc(OC)c(N2C[C@H](C(=O)N(C)c3nc4ccccc4s3)CC2=O)cc1Cl. The number of benzene rings is 2. The maximum Gasteiger partial charge on any atom is 0.233 e. The first-order valence-electron chi connectivity index (χ1n) is 9.28. The molecule has 4 rings (SSSR count). The Bertz CT molecular complexity index is 1100. The quantitative estimate of drug-likeness (QED) is 0.594. The predicted octanol–water partition coefficient (Wildman–Crippen LogP) is 3.98. The van der Waals surface area contributed by atoms with Gasteiger partial charge in [0.2, 0.25) is 11.8 Å². The largest absolute Gasteiger partial charge is 0.495 e. The highest BCUT2D eigenvalue weighted by atomic mass is 35.5. The summed E-state index contributed by atoms with van der Waals surface area (Å²) < 4.78 is 11.6. The Morgan fingerprint density at radius 3 is 2.67 bits per heavy atom. The molecule has 1 aromatic heterocycles. The van der Waals surface area contributed by atoms with E-state index in [9.17, 15) is 9.59 Å². The highest BCUT2D eigenvalue weighted by molar-refractivity contribution is 7.22. The van der Waals surface area contributed by atoms with Crippen LogP contribution in [0.25, 0.3) is 10.2 Å². The summed E-state index contributed by atoms with van der Waals surface area (Å²) >= 11 is 7.70. The summed E-state index contributed by atoms with van der Waals surface area (Å²) in [6.45, 7) is 0.242. The van der Waals surface area contributed by atoms with Gasteiger partial charge >= 0.3 is 0 Å². The van der Waals surface area contributed by atoms with E-state index in [1.807, 2.05) is 24.3 Å². The Balaban J connectivity index is 1.57. The van der Waals surface area contributed by atoms with Gasteiger partial charge in [-0.3, -0.25) is 14.5 Å². The molecular formula is C21H20ClN3O4S. The zero-order valence-corrected chi connectivity index (χ0v) is 18.3. The summed E-state index contributed by atoms with van der Waals surface area (Å²) in [5.74, 6) is 0.110. The van der Waals surface area contributed by atoms with Crippen molar-refractivity contribution in [2.45, 2.75) is 6.42 Å². The van der Waals surface area contributed by atoms with E-state index >= 15 is 0 Å². The van der Waals surface area contributed by atoms with Gasteiger partial charge in [0.05, 0.1) is 41.1 Å². The fourth-order valence-electron chi connectivity index (χ4n) is 3.53. The van der Waals surface area contributed by atoms with Crippen molar-refractivity contribution in [3.8, 4) is 11.5 Å². The van der Waals surface area contributed by atoms with Crippen LogP contribution >= 0.6 is 22.9 Å². The van der Waals surface area contributed by atoms with Crippen LogP contribution in [-0.4, -0.2) is 44.6 Å². The maximum atomic E-state index is 13.1. The van der Waals surface area contributed by atoms with Gasteiger partial charge in [-0.25, -0.2) is 4.98 Å². The number of para-hydroxylation sites is 1. The molecule has 7 nitrogen and oxygen atoms in total. The summed E-state index contributed by atoms with van der Waals surface area (Å²) in [5.41, 5.74) is 1.37. The Labute approximate surface area is 182 Å². The molecule has 2 amide bonds. The molecule has 1 aliphatic heterocycles. The number of halogens is 1. The number of nitrogens with zero attached hydrogens (tertiary/aromatic N) is 3. The average molecular weight is 446 g/mol. The molecular weight excluding hydrogens is 426 g/mol. The molecule has 0 spiro atoms. The molecule has 0 unspecified atom stereocenters. The van der Waals surface area contributed by atoms with Crippen LogP contribution in [0.15, 0.2) is 36.4 Å². The van der Waals surface area contributed by atoms with E-state index in [1.54, 1.807) is 24.1 Å². The lowest BCUT2D eigenvalue weighted by Crippen LogP contribution is -2.34. The van der Waals surface area contributed by atoms with Gasteiger partial charge in [0, 0.05) is 26.1 Å². The van der Waals surface area contributed by atoms with Gasteiger partial charge in [-0.1, -0.05) is 35.1 Å². The number of thiazole rings is 1. The zero-order valence-electron chi connectivity index (χ0n) is 16.7. The van der Waals surface area contributed by atoms with Crippen molar-refractivity contribution in [3.05, 3.63) is 41.4 Å². The van der Waals surface area contributed by atoms with Gasteiger partial charge in [0.25, 0.3) is 0 Å². The molecule has 1 aliphatic rings. The minimum absolute atomic E-state index is 0.112. The van der Waals surface area contributed by atoms with Gasteiger partial charge in [0.15, 0.2) is 5.13 Å². The van der Waals surface area contributed by atoms with Crippen molar-refractivity contribution in [1.82, 2.24) is 4.98 Å². The molecule has 3 aromatic rings. The zero-order chi connectivity index (χ0) is 21.4. The standard InChI is InChI=1S/C21H20ClN3O4S/c1-24(21-23-14-6-4-5-7-18(14)30-21)20(27)12-8-19(26)25(11-12)15-9-13(22)16(28-2)10-17(15)29-3/h4-7,9-10,12H,8,11H2,1-3H3/t12-/m1/s1.